The lowest BCUT2D eigenvalue weighted by molar-refractivity contribution is 0.0751. The van der Waals surface area contributed by atoms with Gasteiger partial charge in [0.15, 0.2) is 0 Å². The molecule has 2 rings (SSSR count). The largest absolute Gasteiger partial charge is 0.497 e. The predicted octanol–water partition coefficient (Wildman–Crippen LogP) is 3.52. The van der Waals surface area contributed by atoms with Crippen LogP contribution in [0.15, 0.2) is 47.2 Å². The first kappa shape index (κ1) is 15.5. The number of carbonyl (C=O) groups is 1. The van der Waals surface area contributed by atoms with Crippen molar-refractivity contribution < 1.29 is 9.53 Å². The Morgan fingerprint density at radius 3 is 2.57 bits per heavy atom. The van der Waals surface area contributed by atoms with Gasteiger partial charge in [0.05, 0.1) is 12.7 Å². The monoisotopic (exact) mass is 348 g/mol. The molecule has 0 aliphatic heterocycles. The molecule has 0 spiro atoms. The molecule has 1 aromatic carbocycles. The maximum Gasteiger partial charge on any atom is 0.256 e. The van der Waals surface area contributed by atoms with Crippen LogP contribution in [0.3, 0.4) is 0 Å². The summed E-state index contributed by atoms with van der Waals surface area (Å²) in [6.07, 6.45) is 1.65. The quantitative estimate of drug-likeness (QED) is 0.776. The second kappa shape index (κ2) is 7.22. The number of benzene rings is 1. The zero-order chi connectivity index (χ0) is 15.2. The standard InChI is InChI=1S/C16H17BrN2O2/c1-3-19(11-12-6-8-13(21-2)9-7-12)16(20)14-5-4-10-18-15(14)17/h4-10H,3,11H2,1-2H3. The van der Waals surface area contributed by atoms with Gasteiger partial charge in [-0.1, -0.05) is 12.1 Å². The van der Waals surface area contributed by atoms with Crippen LogP contribution in [0.1, 0.15) is 22.8 Å². The third-order valence-corrected chi connectivity index (χ3v) is 3.82. The molecule has 0 bridgehead atoms. The lowest BCUT2D eigenvalue weighted by Gasteiger charge is -2.21. The molecule has 4 nitrogen and oxygen atoms in total. The van der Waals surface area contributed by atoms with Gasteiger partial charge in [0.25, 0.3) is 5.91 Å². The average Bonchev–Trinajstić information content (AvgIpc) is 2.53. The summed E-state index contributed by atoms with van der Waals surface area (Å²) in [5.74, 6) is 0.774. The van der Waals surface area contributed by atoms with E-state index in [2.05, 4.69) is 20.9 Å². The minimum Gasteiger partial charge on any atom is -0.497 e. The van der Waals surface area contributed by atoms with E-state index in [1.807, 2.05) is 31.2 Å². The third-order valence-electron chi connectivity index (χ3n) is 3.19. The molecule has 21 heavy (non-hydrogen) atoms. The van der Waals surface area contributed by atoms with Crippen LogP contribution in [0.25, 0.3) is 0 Å². The topological polar surface area (TPSA) is 42.4 Å². The summed E-state index contributed by atoms with van der Waals surface area (Å²) >= 11 is 3.32. The van der Waals surface area contributed by atoms with Crippen LogP contribution in [0.5, 0.6) is 5.75 Å². The maximum atomic E-state index is 12.6. The van der Waals surface area contributed by atoms with Crippen molar-refractivity contribution in [3.8, 4) is 5.75 Å². The minimum atomic E-state index is -0.0340. The maximum absolute atomic E-state index is 12.6. The van der Waals surface area contributed by atoms with E-state index in [1.54, 1.807) is 30.3 Å². The molecule has 0 fully saturated rings. The molecule has 2 aromatic rings. The van der Waals surface area contributed by atoms with Gasteiger partial charge in [-0.2, -0.15) is 0 Å². The van der Waals surface area contributed by atoms with E-state index in [9.17, 15) is 4.79 Å². The Bertz CT molecular complexity index is 614. The van der Waals surface area contributed by atoms with E-state index in [4.69, 9.17) is 4.74 Å². The van der Waals surface area contributed by atoms with E-state index in [1.165, 1.54) is 0 Å². The van der Waals surface area contributed by atoms with Gasteiger partial charge in [-0.3, -0.25) is 4.79 Å². The van der Waals surface area contributed by atoms with E-state index in [-0.39, 0.29) is 5.91 Å². The Labute approximate surface area is 132 Å². The summed E-state index contributed by atoms with van der Waals surface area (Å²) in [5.41, 5.74) is 1.64. The highest BCUT2D eigenvalue weighted by Gasteiger charge is 2.17. The molecule has 0 unspecified atom stereocenters. The highest BCUT2D eigenvalue weighted by molar-refractivity contribution is 9.10. The SMILES string of the molecule is CCN(Cc1ccc(OC)cc1)C(=O)c1cccnc1Br. The third kappa shape index (κ3) is 3.82. The average molecular weight is 349 g/mol. The van der Waals surface area contributed by atoms with Crippen LogP contribution in [0.2, 0.25) is 0 Å². The lowest BCUT2D eigenvalue weighted by Crippen LogP contribution is -2.30. The van der Waals surface area contributed by atoms with Crippen molar-refractivity contribution in [2.24, 2.45) is 0 Å². The van der Waals surface area contributed by atoms with Crippen molar-refractivity contribution >= 4 is 21.8 Å². The Kier molecular flexibility index (Phi) is 5.33. The molecule has 0 saturated carbocycles. The fourth-order valence-corrected chi connectivity index (χ4v) is 2.41. The van der Waals surface area contributed by atoms with E-state index in [0.717, 1.165) is 11.3 Å². The van der Waals surface area contributed by atoms with Crippen LogP contribution in [0.4, 0.5) is 0 Å². The summed E-state index contributed by atoms with van der Waals surface area (Å²) in [6.45, 7) is 3.15. The minimum absolute atomic E-state index is 0.0340. The molecule has 110 valence electrons. The number of hydrogen-bond acceptors (Lipinski definition) is 3. The second-order valence-corrected chi connectivity index (χ2v) is 5.26. The first-order chi connectivity index (χ1) is 10.2. The number of pyridine rings is 1. The number of carbonyl (C=O) groups excluding carboxylic acids is 1. The molecule has 0 atom stereocenters. The smallest absolute Gasteiger partial charge is 0.256 e. The number of rotatable bonds is 5. The zero-order valence-electron chi connectivity index (χ0n) is 12.0. The van der Waals surface area contributed by atoms with E-state index < -0.39 is 0 Å². The molecule has 1 amide bonds. The Morgan fingerprint density at radius 2 is 2.00 bits per heavy atom. The highest BCUT2D eigenvalue weighted by Crippen LogP contribution is 2.18. The summed E-state index contributed by atoms with van der Waals surface area (Å²) in [6, 6.07) is 11.3. The molecule has 0 N–H and O–H groups in total. The molecular weight excluding hydrogens is 332 g/mol. The summed E-state index contributed by atoms with van der Waals surface area (Å²) in [7, 11) is 1.64. The fraction of sp³-hybridized carbons (Fsp3) is 0.250. The number of aromatic nitrogens is 1. The van der Waals surface area contributed by atoms with Crippen LogP contribution in [-0.2, 0) is 6.54 Å². The molecule has 0 aliphatic rings. The number of halogens is 1. The van der Waals surface area contributed by atoms with Gasteiger partial charge in [-0.25, -0.2) is 4.98 Å². The van der Waals surface area contributed by atoms with E-state index in [0.29, 0.717) is 23.3 Å². The summed E-state index contributed by atoms with van der Waals surface area (Å²) in [5, 5.41) is 0. The molecule has 0 aliphatic carbocycles. The van der Waals surface area contributed by atoms with Crippen molar-refractivity contribution in [1.82, 2.24) is 9.88 Å². The van der Waals surface area contributed by atoms with Gasteiger partial charge < -0.3 is 9.64 Å². The fourth-order valence-electron chi connectivity index (χ4n) is 1.99. The lowest BCUT2D eigenvalue weighted by atomic mass is 10.2. The highest BCUT2D eigenvalue weighted by atomic mass is 79.9. The zero-order valence-corrected chi connectivity index (χ0v) is 13.6. The summed E-state index contributed by atoms with van der Waals surface area (Å²) < 4.78 is 5.71. The van der Waals surface area contributed by atoms with Gasteiger partial charge in [0, 0.05) is 19.3 Å². The molecule has 5 heteroatoms. The van der Waals surface area contributed by atoms with Crippen LogP contribution < -0.4 is 4.74 Å². The molecule has 0 saturated heterocycles. The Hall–Kier alpha value is -1.88. The summed E-state index contributed by atoms with van der Waals surface area (Å²) in [4.78, 5) is 18.4. The van der Waals surface area contributed by atoms with Gasteiger partial charge in [0.2, 0.25) is 0 Å². The number of ether oxygens (including phenoxy) is 1. The molecule has 1 heterocycles. The first-order valence-electron chi connectivity index (χ1n) is 6.68. The van der Waals surface area contributed by atoms with Crippen LogP contribution >= 0.6 is 15.9 Å². The van der Waals surface area contributed by atoms with Gasteiger partial charge >= 0.3 is 0 Å². The van der Waals surface area contributed by atoms with Crippen molar-refractivity contribution in [3.63, 3.8) is 0 Å². The van der Waals surface area contributed by atoms with Crippen molar-refractivity contribution in [2.45, 2.75) is 13.5 Å². The number of amides is 1. The number of methoxy groups -OCH3 is 1. The van der Waals surface area contributed by atoms with Crippen molar-refractivity contribution in [2.75, 3.05) is 13.7 Å². The normalized spacial score (nSPS) is 10.2. The van der Waals surface area contributed by atoms with Crippen LogP contribution in [0, 0.1) is 0 Å². The van der Waals surface area contributed by atoms with Crippen molar-refractivity contribution in [3.05, 3.63) is 58.3 Å². The molecular formula is C16H17BrN2O2. The van der Waals surface area contributed by atoms with Gasteiger partial charge in [-0.15, -0.1) is 0 Å². The Morgan fingerprint density at radius 1 is 1.29 bits per heavy atom. The Balaban J connectivity index is 2.15. The first-order valence-corrected chi connectivity index (χ1v) is 7.47. The van der Waals surface area contributed by atoms with Gasteiger partial charge in [-0.05, 0) is 52.7 Å². The predicted molar refractivity (Wildman–Crippen MR) is 85.3 cm³/mol. The number of hydrogen-bond donors (Lipinski definition) is 0. The van der Waals surface area contributed by atoms with E-state index >= 15 is 0 Å². The van der Waals surface area contributed by atoms with Crippen LogP contribution in [-0.4, -0.2) is 29.4 Å². The molecule has 1 aromatic heterocycles. The number of nitrogens with zero attached hydrogens (tertiary/aromatic N) is 2. The van der Waals surface area contributed by atoms with Crippen molar-refractivity contribution in [1.29, 1.82) is 0 Å². The molecule has 0 radical (unpaired) electrons. The van der Waals surface area contributed by atoms with Gasteiger partial charge in [0.1, 0.15) is 10.4 Å². The second-order valence-electron chi connectivity index (χ2n) is 4.51.